The molecule has 4 aromatic rings. The average molecular weight is 392 g/mol. The van der Waals surface area contributed by atoms with Crippen molar-refractivity contribution >= 4 is 16.8 Å². The van der Waals surface area contributed by atoms with E-state index in [9.17, 15) is 4.79 Å². The molecule has 0 spiro atoms. The summed E-state index contributed by atoms with van der Waals surface area (Å²) in [6.45, 7) is 3.02. The molecule has 0 aliphatic heterocycles. The van der Waals surface area contributed by atoms with E-state index < -0.39 is 0 Å². The number of aryl methyl sites for hydroxylation is 1. The minimum Gasteiger partial charge on any atom is -0.459 e. The van der Waals surface area contributed by atoms with Crippen molar-refractivity contribution in [2.75, 3.05) is 6.54 Å². The zero-order valence-electron chi connectivity index (χ0n) is 16.4. The smallest absolute Gasteiger partial charge is 0.283 e. The third-order valence-corrected chi connectivity index (χ3v) is 4.88. The zero-order valence-corrected chi connectivity index (χ0v) is 16.4. The van der Waals surface area contributed by atoms with Crippen LogP contribution in [0.4, 0.5) is 0 Å². The zero-order chi connectivity index (χ0) is 20.1. The van der Waals surface area contributed by atoms with E-state index in [0.717, 1.165) is 24.8 Å². The van der Waals surface area contributed by atoms with Crippen LogP contribution in [0.5, 0.6) is 0 Å². The highest BCUT2D eigenvalue weighted by molar-refractivity contribution is 5.83. The molecule has 0 saturated heterocycles. The SMILES string of the molecule is CCCN(Cc1nnc(-c2ccco2)o1)C(=O)CCCc1c[nH]c2ccccc12. The van der Waals surface area contributed by atoms with Crippen LogP contribution in [-0.2, 0) is 17.8 Å². The lowest BCUT2D eigenvalue weighted by Crippen LogP contribution is -2.31. The molecular weight excluding hydrogens is 368 g/mol. The summed E-state index contributed by atoms with van der Waals surface area (Å²) < 4.78 is 10.9. The summed E-state index contributed by atoms with van der Waals surface area (Å²) in [6, 6.07) is 11.8. The molecule has 0 unspecified atom stereocenters. The van der Waals surface area contributed by atoms with E-state index in [-0.39, 0.29) is 5.91 Å². The molecule has 0 saturated carbocycles. The van der Waals surface area contributed by atoms with Gasteiger partial charge < -0.3 is 18.7 Å². The van der Waals surface area contributed by atoms with Gasteiger partial charge in [0, 0.05) is 30.1 Å². The highest BCUT2D eigenvalue weighted by atomic mass is 16.4. The van der Waals surface area contributed by atoms with Crippen molar-refractivity contribution in [3.8, 4) is 11.7 Å². The number of hydrogen-bond acceptors (Lipinski definition) is 5. The van der Waals surface area contributed by atoms with E-state index in [1.54, 1.807) is 23.3 Å². The van der Waals surface area contributed by atoms with Crippen molar-refractivity contribution < 1.29 is 13.6 Å². The first-order chi connectivity index (χ1) is 14.2. The molecule has 3 aromatic heterocycles. The van der Waals surface area contributed by atoms with Gasteiger partial charge in [0.05, 0.1) is 12.8 Å². The Hall–Kier alpha value is -3.35. The number of aromatic nitrogens is 3. The monoisotopic (exact) mass is 392 g/mol. The van der Waals surface area contributed by atoms with Crippen LogP contribution in [0.15, 0.2) is 57.7 Å². The second-order valence-corrected chi connectivity index (χ2v) is 7.01. The lowest BCUT2D eigenvalue weighted by Gasteiger charge is -2.20. The highest BCUT2D eigenvalue weighted by Gasteiger charge is 2.18. The van der Waals surface area contributed by atoms with E-state index in [2.05, 4.69) is 27.3 Å². The van der Waals surface area contributed by atoms with Crippen molar-refractivity contribution in [1.82, 2.24) is 20.1 Å². The Bertz CT molecular complexity index is 1060. The summed E-state index contributed by atoms with van der Waals surface area (Å²) in [6.07, 6.45) is 6.60. The fourth-order valence-electron chi connectivity index (χ4n) is 3.47. The Balaban J connectivity index is 1.35. The molecule has 29 heavy (non-hydrogen) atoms. The van der Waals surface area contributed by atoms with Gasteiger partial charge in [0.2, 0.25) is 11.8 Å². The van der Waals surface area contributed by atoms with Gasteiger partial charge in [0.1, 0.15) is 0 Å². The number of nitrogens with zero attached hydrogens (tertiary/aromatic N) is 3. The maximum atomic E-state index is 12.8. The molecule has 0 aliphatic carbocycles. The van der Waals surface area contributed by atoms with Crippen LogP contribution in [-0.4, -0.2) is 32.5 Å². The minimum absolute atomic E-state index is 0.101. The Morgan fingerprint density at radius 3 is 2.90 bits per heavy atom. The van der Waals surface area contributed by atoms with Gasteiger partial charge in [0.15, 0.2) is 5.76 Å². The predicted molar refractivity (Wildman–Crippen MR) is 109 cm³/mol. The number of aromatic amines is 1. The molecule has 7 heteroatoms. The van der Waals surface area contributed by atoms with Gasteiger partial charge in [-0.15, -0.1) is 10.2 Å². The summed E-state index contributed by atoms with van der Waals surface area (Å²) in [5, 5.41) is 9.28. The van der Waals surface area contributed by atoms with Crippen molar-refractivity contribution in [2.45, 2.75) is 39.2 Å². The number of furan rings is 1. The fourth-order valence-corrected chi connectivity index (χ4v) is 3.47. The Morgan fingerprint density at radius 1 is 1.17 bits per heavy atom. The number of carbonyl (C=O) groups excluding carboxylic acids is 1. The topological polar surface area (TPSA) is 88.2 Å². The molecule has 0 atom stereocenters. The first kappa shape index (κ1) is 19.0. The van der Waals surface area contributed by atoms with Crippen LogP contribution in [0.1, 0.15) is 37.6 Å². The van der Waals surface area contributed by atoms with Gasteiger partial charge in [-0.1, -0.05) is 25.1 Å². The number of carbonyl (C=O) groups is 1. The third kappa shape index (κ3) is 4.39. The predicted octanol–water partition coefficient (Wildman–Crippen LogP) is 4.57. The van der Waals surface area contributed by atoms with Crippen molar-refractivity contribution in [2.24, 2.45) is 0 Å². The molecule has 150 valence electrons. The molecule has 0 aliphatic rings. The molecule has 1 N–H and O–H groups in total. The van der Waals surface area contributed by atoms with Crippen molar-refractivity contribution in [3.63, 3.8) is 0 Å². The Labute approximate surface area is 168 Å². The maximum Gasteiger partial charge on any atom is 0.283 e. The number of rotatable bonds is 9. The largest absolute Gasteiger partial charge is 0.459 e. The molecule has 3 heterocycles. The summed E-state index contributed by atoms with van der Waals surface area (Å²) in [5.74, 6) is 1.36. The summed E-state index contributed by atoms with van der Waals surface area (Å²) in [5.41, 5.74) is 2.38. The average Bonchev–Trinajstić information content (AvgIpc) is 3.48. The summed E-state index contributed by atoms with van der Waals surface area (Å²) in [7, 11) is 0. The van der Waals surface area contributed by atoms with Crippen LogP contribution in [0.25, 0.3) is 22.6 Å². The molecule has 0 radical (unpaired) electrons. The maximum absolute atomic E-state index is 12.8. The van der Waals surface area contributed by atoms with Gasteiger partial charge in [-0.05, 0) is 43.0 Å². The van der Waals surface area contributed by atoms with E-state index in [1.165, 1.54) is 10.9 Å². The Morgan fingerprint density at radius 2 is 2.07 bits per heavy atom. The second-order valence-electron chi connectivity index (χ2n) is 7.01. The van der Waals surface area contributed by atoms with E-state index >= 15 is 0 Å². The van der Waals surface area contributed by atoms with Gasteiger partial charge in [-0.2, -0.15) is 0 Å². The quantitative estimate of drug-likeness (QED) is 0.451. The van der Waals surface area contributed by atoms with E-state index in [1.807, 2.05) is 25.3 Å². The Kier molecular flexibility index (Phi) is 5.74. The second kappa shape index (κ2) is 8.77. The first-order valence-corrected chi connectivity index (χ1v) is 9.93. The molecule has 1 amide bonds. The van der Waals surface area contributed by atoms with Gasteiger partial charge in [-0.3, -0.25) is 4.79 Å². The molecule has 4 rings (SSSR count). The van der Waals surface area contributed by atoms with Crippen LogP contribution in [0.2, 0.25) is 0 Å². The molecule has 7 nitrogen and oxygen atoms in total. The lowest BCUT2D eigenvalue weighted by atomic mass is 10.1. The number of H-pyrrole nitrogens is 1. The molecule has 0 bridgehead atoms. The molecule has 1 aromatic carbocycles. The molecular formula is C22H24N4O3. The standard InChI is InChI=1S/C22H24N4O3/c1-2-12-26(15-20-24-25-22(29-20)19-10-6-13-28-19)21(27)11-5-7-16-14-23-18-9-4-3-8-17(16)18/h3-4,6,8-10,13-14,23H,2,5,7,11-12,15H2,1H3. The summed E-state index contributed by atoms with van der Waals surface area (Å²) >= 11 is 0. The van der Waals surface area contributed by atoms with Crippen LogP contribution in [0.3, 0.4) is 0 Å². The van der Waals surface area contributed by atoms with Gasteiger partial charge in [-0.25, -0.2) is 0 Å². The number of benzene rings is 1. The number of hydrogen-bond donors (Lipinski definition) is 1. The highest BCUT2D eigenvalue weighted by Crippen LogP contribution is 2.21. The van der Waals surface area contributed by atoms with Gasteiger partial charge in [0.25, 0.3) is 5.89 Å². The number of fused-ring (bicyclic) bond motifs is 1. The van der Waals surface area contributed by atoms with Crippen molar-refractivity contribution in [1.29, 1.82) is 0 Å². The molecule has 0 fully saturated rings. The third-order valence-electron chi connectivity index (χ3n) is 4.88. The fraction of sp³-hybridized carbons (Fsp3) is 0.318. The van der Waals surface area contributed by atoms with E-state index in [4.69, 9.17) is 8.83 Å². The van der Waals surface area contributed by atoms with Crippen LogP contribution < -0.4 is 0 Å². The van der Waals surface area contributed by atoms with Gasteiger partial charge >= 0.3 is 0 Å². The number of amides is 1. The normalized spacial score (nSPS) is 11.2. The van der Waals surface area contributed by atoms with Crippen LogP contribution in [0, 0.1) is 0 Å². The van der Waals surface area contributed by atoms with Crippen LogP contribution >= 0.6 is 0 Å². The number of nitrogens with one attached hydrogen (secondary N) is 1. The number of para-hydroxylation sites is 1. The lowest BCUT2D eigenvalue weighted by molar-refractivity contribution is -0.132. The van der Waals surface area contributed by atoms with E-state index in [0.29, 0.717) is 37.1 Å². The first-order valence-electron chi connectivity index (χ1n) is 9.93. The van der Waals surface area contributed by atoms with Crippen molar-refractivity contribution in [3.05, 3.63) is 60.3 Å². The summed E-state index contributed by atoms with van der Waals surface area (Å²) in [4.78, 5) is 17.8. The minimum atomic E-state index is 0.101.